The second-order valence-corrected chi connectivity index (χ2v) is 8.78. The topological polar surface area (TPSA) is 90.9 Å². The number of urea groups is 1. The molecule has 9 heteroatoms. The Morgan fingerprint density at radius 2 is 1.91 bits per heavy atom. The van der Waals surface area contributed by atoms with Gasteiger partial charge in [0.2, 0.25) is 0 Å². The molecule has 1 atom stereocenters. The van der Waals surface area contributed by atoms with Gasteiger partial charge in [-0.05, 0) is 31.5 Å². The first-order valence-corrected chi connectivity index (χ1v) is 11.1. The van der Waals surface area contributed by atoms with Gasteiger partial charge in [-0.2, -0.15) is 0 Å². The summed E-state index contributed by atoms with van der Waals surface area (Å²) in [6.45, 7) is 6.78. The summed E-state index contributed by atoms with van der Waals surface area (Å²) in [6, 6.07) is 9.37. The molecule has 0 saturated carbocycles. The van der Waals surface area contributed by atoms with Crippen molar-refractivity contribution in [3.05, 3.63) is 47.9 Å². The standard InChI is InChI=1S/C23H28N6O3/c1-16-5-3-4-6-18(16)26-21(30)28-13-14-29-19(15-28)23(32-22(29)31)8-11-27(12-9-23)20-7-10-24-17(2)25-20/h3-7,10,19H,8-9,11-15H2,1-2H3,(H,26,30). The van der Waals surface area contributed by atoms with Gasteiger partial charge in [-0.15, -0.1) is 0 Å². The van der Waals surface area contributed by atoms with Crippen molar-refractivity contribution >= 4 is 23.6 Å². The number of carbonyl (C=O) groups excluding carboxylic acids is 2. The van der Waals surface area contributed by atoms with Gasteiger partial charge in [-0.3, -0.25) is 4.90 Å². The number of benzene rings is 1. The van der Waals surface area contributed by atoms with E-state index in [9.17, 15) is 9.59 Å². The van der Waals surface area contributed by atoms with Gasteiger partial charge in [0.05, 0.1) is 6.04 Å². The largest absolute Gasteiger partial charge is 0.440 e. The first-order chi connectivity index (χ1) is 15.4. The molecule has 1 aromatic heterocycles. The number of nitrogens with zero attached hydrogens (tertiary/aromatic N) is 5. The first kappa shape index (κ1) is 20.5. The lowest BCUT2D eigenvalue weighted by molar-refractivity contribution is 0.000747. The maximum absolute atomic E-state index is 13.0. The van der Waals surface area contributed by atoms with E-state index < -0.39 is 5.60 Å². The number of anilines is 2. The highest BCUT2D eigenvalue weighted by Gasteiger charge is 2.57. The fraction of sp³-hybridized carbons (Fsp3) is 0.478. The molecule has 3 aliphatic heterocycles. The Kier molecular flexibility index (Phi) is 5.11. The lowest BCUT2D eigenvalue weighted by atomic mass is 9.83. The number of rotatable bonds is 2. The summed E-state index contributed by atoms with van der Waals surface area (Å²) in [4.78, 5) is 40.1. The molecule has 1 spiro atoms. The molecule has 9 nitrogen and oxygen atoms in total. The van der Waals surface area contributed by atoms with E-state index in [0.29, 0.717) is 32.5 Å². The third-order valence-corrected chi connectivity index (χ3v) is 6.88. The zero-order valence-electron chi connectivity index (χ0n) is 18.5. The molecule has 32 heavy (non-hydrogen) atoms. The molecule has 5 rings (SSSR count). The zero-order valence-corrected chi connectivity index (χ0v) is 18.5. The van der Waals surface area contributed by atoms with E-state index in [1.807, 2.05) is 49.1 Å². The van der Waals surface area contributed by atoms with Gasteiger partial charge >= 0.3 is 12.1 Å². The minimum atomic E-state index is -0.572. The quantitative estimate of drug-likeness (QED) is 0.779. The molecule has 3 aliphatic rings. The van der Waals surface area contributed by atoms with Gasteiger partial charge in [-0.25, -0.2) is 19.6 Å². The van der Waals surface area contributed by atoms with Crippen LogP contribution in [0.1, 0.15) is 24.2 Å². The first-order valence-electron chi connectivity index (χ1n) is 11.1. The smallest absolute Gasteiger partial charge is 0.410 e. The van der Waals surface area contributed by atoms with Crippen molar-refractivity contribution in [3.8, 4) is 0 Å². The molecule has 2 aromatic rings. The number of hydrogen-bond donors (Lipinski definition) is 1. The van der Waals surface area contributed by atoms with Crippen molar-refractivity contribution in [2.45, 2.75) is 38.3 Å². The predicted octanol–water partition coefficient (Wildman–Crippen LogP) is 2.80. The van der Waals surface area contributed by atoms with Crippen molar-refractivity contribution in [1.82, 2.24) is 19.8 Å². The highest BCUT2D eigenvalue weighted by molar-refractivity contribution is 5.90. The second-order valence-electron chi connectivity index (χ2n) is 8.78. The van der Waals surface area contributed by atoms with E-state index in [-0.39, 0.29) is 18.2 Å². The molecule has 1 unspecified atom stereocenters. The minimum absolute atomic E-state index is 0.137. The Bertz CT molecular complexity index is 1040. The number of para-hydroxylation sites is 1. The SMILES string of the molecule is Cc1nccc(N2CCC3(CC2)OC(=O)N2CCN(C(=O)Nc4ccccc4C)CC23)n1. The van der Waals surface area contributed by atoms with Gasteiger partial charge < -0.3 is 19.9 Å². The summed E-state index contributed by atoms with van der Waals surface area (Å²) >= 11 is 0. The van der Waals surface area contributed by atoms with Crippen molar-refractivity contribution in [2.24, 2.45) is 0 Å². The van der Waals surface area contributed by atoms with E-state index in [1.165, 1.54) is 0 Å². The van der Waals surface area contributed by atoms with Crippen LogP contribution in [0.2, 0.25) is 0 Å². The van der Waals surface area contributed by atoms with E-state index in [4.69, 9.17) is 4.74 Å². The number of piperazine rings is 1. The lowest BCUT2D eigenvalue weighted by Crippen LogP contribution is -2.61. The molecular weight excluding hydrogens is 408 g/mol. The number of piperidine rings is 1. The van der Waals surface area contributed by atoms with Crippen LogP contribution < -0.4 is 10.2 Å². The molecule has 3 fully saturated rings. The number of nitrogens with one attached hydrogen (secondary N) is 1. The van der Waals surface area contributed by atoms with Gasteiger partial charge in [0.1, 0.15) is 17.2 Å². The summed E-state index contributed by atoms with van der Waals surface area (Å²) in [5, 5.41) is 3.02. The third-order valence-electron chi connectivity index (χ3n) is 6.88. The maximum atomic E-state index is 13.0. The van der Waals surface area contributed by atoms with Crippen molar-refractivity contribution in [1.29, 1.82) is 0 Å². The fourth-order valence-corrected chi connectivity index (χ4v) is 5.01. The van der Waals surface area contributed by atoms with E-state index in [2.05, 4.69) is 20.2 Å². The third kappa shape index (κ3) is 3.61. The van der Waals surface area contributed by atoms with Crippen molar-refractivity contribution in [2.75, 3.05) is 42.9 Å². The Labute approximate surface area is 187 Å². The molecule has 1 aromatic carbocycles. The van der Waals surface area contributed by atoms with Crippen LogP contribution in [-0.4, -0.2) is 76.3 Å². The molecule has 1 N–H and O–H groups in total. The second kappa shape index (κ2) is 7.96. The molecule has 3 amide bonds. The molecule has 0 radical (unpaired) electrons. The summed E-state index contributed by atoms with van der Waals surface area (Å²) in [6.07, 6.45) is 2.91. The van der Waals surface area contributed by atoms with Gasteiger partial charge in [0, 0.05) is 57.4 Å². The van der Waals surface area contributed by atoms with Crippen LogP contribution in [0.15, 0.2) is 36.5 Å². The highest BCUT2D eigenvalue weighted by atomic mass is 16.6. The average Bonchev–Trinajstić information content (AvgIpc) is 3.06. The van der Waals surface area contributed by atoms with Crippen LogP contribution >= 0.6 is 0 Å². The van der Waals surface area contributed by atoms with E-state index in [0.717, 1.165) is 36.0 Å². The van der Waals surface area contributed by atoms with Gasteiger partial charge in [0.15, 0.2) is 0 Å². The van der Waals surface area contributed by atoms with Crippen LogP contribution in [-0.2, 0) is 4.74 Å². The predicted molar refractivity (Wildman–Crippen MR) is 120 cm³/mol. The Morgan fingerprint density at radius 3 is 2.66 bits per heavy atom. The van der Waals surface area contributed by atoms with Crippen LogP contribution in [0, 0.1) is 13.8 Å². The Hall–Kier alpha value is -3.36. The Morgan fingerprint density at radius 1 is 1.12 bits per heavy atom. The lowest BCUT2D eigenvalue weighted by Gasteiger charge is -2.45. The average molecular weight is 437 g/mol. The number of carbonyl (C=O) groups is 2. The minimum Gasteiger partial charge on any atom is -0.440 e. The molecule has 0 aliphatic carbocycles. The molecule has 3 saturated heterocycles. The monoisotopic (exact) mass is 436 g/mol. The van der Waals surface area contributed by atoms with E-state index in [1.54, 1.807) is 11.1 Å². The summed E-state index contributed by atoms with van der Waals surface area (Å²) in [7, 11) is 0. The van der Waals surface area contributed by atoms with Crippen LogP contribution in [0.3, 0.4) is 0 Å². The van der Waals surface area contributed by atoms with E-state index >= 15 is 0 Å². The maximum Gasteiger partial charge on any atom is 0.410 e. The van der Waals surface area contributed by atoms with Crippen LogP contribution in [0.5, 0.6) is 0 Å². The number of aromatic nitrogens is 2. The van der Waals surface area contributed by atoms with Crippen LogP contribution in [0.25, 0.3) is 0 Å². The summed E-state index contributed by atoms with van der Waals surface area (Å²) in [5.74, 6) is 1.64. The molecule has 168 valence electrons. The highest BCUT2D eigenvalue weighted by Crippen LogP contribution is 2.41. The number of aryl methyl sites for hydroxylation is 2. The summed E-state index contributed by atoms with van der Waals surface area (Å²) in [5.41, 5.74) is 1.25. The molecular formula is C23H28N6O3. The normalized spacial score (nSPS) is 22.0. The van der Waals surface area contributed by atoms with Crippen molar-refractivity contribution < 1.29 is 14.3 Å². The zero-order chi connectivity index (χ0) is 22.3. The molecule has 4 heterocycles. The fourth-order valence-electron chi connectivity index (χ4n) is 5.01. The number of amides is 3. The van der Waals surface area contributed by atoms with Crippen LogP contribution in [0.4, 0.5) is 21.1 Å². The van der Waals surface area contributed by atoms with Crippen molar-refractivity contribution in [3.63, 3.8) is 0 Å². The number of hydrogen-bond acceptors (Lipinski definition) is 6. The van der Waals surface area contributed by atoms with Gasteiger partial charge in [-0.1, -0.05) is 18.2 Å². The summed E-state index contributed by atoms with van der Waals surface area (Å²) < 4.78 is 5.98. The number of ether oxygens (including phenoxy) is 1. The number of fused-ring (bicyclic) bond motifs is 2. The Balaban J connectivity index is 1.29. The molecule has 0 bridgehead atoms. The van der Waals surface area contributed by atoms with Gasteiger partial charge in [0.25, 0.3) is 0 Å².